The molecule has 218 valence electrons. The number of carbonyl (C=O) groups excluding carboxylic acids is 1. The van der Waals surface area contributed by atoms with Crippen molar-refractivity contribution < 1.29 is 23.3 Å². The smallest absolute Gasteiger partial charge is 0.337 e. The van der Waals surface area contributed by atoms with Gasteiger partial charge in [-0.15, -0.1) is 0 Å². The lowest BCUT2D eigenvalue weighted by Gasteiger charge is -2.51. The van der Waals surface area contributed by atoms with Gasteiger partial charge in [-0.05, 0) is 81.0 Å². The third-order valence-electron chi connectivity index (χ3n) is 9.44. The zero-order chi connectivity index (χ0) is 28.9. The van der Waals surface area contributed by atoms with Crippen molar-refractivity contribution in [1.82, 2.24) is 15.3 Å². The SMILES string of the molecule is COC(=O)c1cccc(-c2noc(C34CCC(COCc5c(-c6c(Cl)cccc6Cl)noc5C5CC5)(CC3)CC4)n2)c1. The lowest BCUT2D eigenvalue weighted by molar-refractivity contribution is -0.0499. The normalized spacial score (nSPS) is 23.3. The van der Waals surface area contributed by atoms with Crippen molar-refractivity contribution in [3.05, 3.63) is 75.3 Å². The van der Waals surface area contributed by atoms with Crippen molar-refractivity contribution >= 4 is 29.2 Å². The number of methoxy groups -OCH3 is 1. The van der Waals surface area contributed by atoms with E-state index in [1.165, 1.54) is 7.11 Å². The molecule has 2 aromatic heterocycles. The number of hydrogen-bond acceptors (Lipinski definition) is 8. The van der Waals surface area contributed by atoms with Crippen LogP contribution in [0.15, 0.2) is 51.5 Å². The minimum Gasteiger partial charge on any atom is -0.465 e. The van der Waals surface area contributed by atoms with Gasteiger partial charge in [0.25, 0.3) is 0 Å². The first-order valence-electron chi connectivity index (χ1n) is 14.4. The van der Waals surface area contributed by atoms with Crippen LogP contribution in [0.3, 0.4) is 0 Å². The lowest BCUT2D eigenvalue weighted by Crippen LogP contribution is -2.46. The lowest BCUT2D eigenvalue weighted by atomic mass is 9.54. The third-order valence-corrected chi connectivity index (χ3v) is 10.1. The summed E-state index contributed by atoms with van der Waals surface area (Å²) in [6.07, 6.45) is 8.21. The van der Waals surface area contributed by atoms with Crippen molar-refractivity contribution in [2.45, 2.75) is 69.3 Å². The van der Waals surface area contributed by atoms with Crippen LogP contribution in [0.1, 0.15) is 84.9 Å². The molecule has 0 amide bonds. The number of ether oxygens (including phenoxy) is 2. The van der Waals surface area contributed by atoms with Gasteiger partial charge in [-0.25, -0.2) is 4.79 Å². The number of hydrogen-bond donors (Lipinski definition) is 0. The molecule has 2 bridgehead atoms. The maximum atomic E-state index is 12.0. The van der Waals surface area contributed by atoms with Gasteiger partial charge in [-0.2, -0.15) is 4.98 Å². The quantitative estimate of drug-likeness (QED) is 0.176. The molecule has 4 aromatic rings. The van der Waals surface area contributed by atoms with E-state index in [1.54, 1.807) is 18.2 Å². The van der Waals surface area contributed by atoms with Crippen LogP contribution in [0.2, 0.25) is 10.0 Å². The van der Waals surface area contributed by atoms with E-state index in [9.17, 15) is 4.79 Å². The fourth-order valence-corrected chi connectivity index (χ4v) is 7.25. The number of carbonyl (C=O) groups is 1. The summed E-state index contributed by atoms with van der Waals surface area (Å²) in [5.41, 5.74) is 3.53. The fraction of sp³-hybridized carbons (Fsp3) is 0.438. The Kier molecular flexibility index (Phi) is 7.11. The Morgan fingerprint density at radius 2 is 1.69 bits per heavy atom. The van der Waals surface area contributed by atoms with E-state index in [1.807, 2.05) is 24.3 Å². The first kappa shape index (κ1) is 27.6. The van der Waals surface area contributed by atoms with Gasteiger partial charge in [0.1, 0.15) is 11.5 Å². The molecule has 0 unspecified atom stereocenters. The summed E-state index contributed by atoms with van der Waals surface area (Å²) in [5, 5.41) is 9.76. The van der Waals surface area contributed by atoms with Crippen molar-refractivity contribution in [1.29, 1.82) is 0 Å². The second-order valence-electron chi connectivity index (χ2n) is 12.0. The van der Waals surface area contributed by atoms with Crippen LogP contribution in [0.25, 0.3) is 22.6 Å². The summed E-state index contributed by atoms with van der Waals surface area (Å²) >= 11 is 13.1. The average molecular weight is 609 g/mol. The number of aromatic nitrogens is 3. The number of fused-ring (bicyclic) bond motifs is 3. The number of esters is 1. The van der Waals surface area contributed by atoms with E-state index in [4.69, 9.17) is 46.7 Å². The molecule has 42 heavy (non-hydrogen) atoms. The van der Waals surface area contributed by atoms with E-state index in [0.717, 1.165) is 68.3 Å². The summed E-state index contributed by atoms with van der Waals surface area (Å²) < 4.78 is 23.0. The monoisotopic (exact) mass is 607 g/mol. The predicted octanol–water partition coefficient (Wildman–Crippen LogP) is 8.17. The second kappa shape index (κ2) is 10.8. The molecule has 0 radical (unpaired) electrons. The van der Waals surface area contributed by atoms with Gasteiger partial charge >= 0.3 is 5.97 Å². The van der Waals surface area contributed by atoms with Crippen molar-refractivity contribution in [2.24, 2.45) is 5.41 Å². The molecule has 0 spiro atoms. The minimum absolute atomic E-state index is 0.117. The molecule has 0 saturated heterocycles. The zero-order valence-electron chi connectivity index (χ0n) is 23.3. The van der Waals surface area contributed by atoms with Crippen molar-refractivity contribution in [3.63, 3.8) is 0 Å². The molecule has 8 rings (SSSR count). The summed E-state index contributed by atoms with van der Waals surface area (Å²) in [4.78, 5) is 16.8. The molecule has 4 aliphatic rings. The first-order valence-corrected chi connectivity index (χ1v) is 15.2. The Morgan fingerprint density at radius 1 is 0.976 bits per heavy atom. The highest BCUT2D eigenvalue weighted by Gasteiger charge is 2.52. The molecule has 0 aliphatic heterocycles. The zero-order valence-corrected chi connectivity index (χ0v) is 24.8. The number of nitrogens with zero attached hydrogens (tertiary/aromatic N) is 3. The fourth-order valence-electron chi connectivity index (χ4n) is 6.68. The Hall–Kier alpha value is -3.20. The van der Waals surface area contributed by atoms with Crippen molar-refractivity contribution in [2.75, 3.05) is 13.7 Å². The highest BCUT2D eigenvalue weighted by atomic mass is 35.5. The molecule has 10 heteroatoms. The van der Waals surface area contributed by atoms with Gasteiger partial charge in [-0.1, -0.05) is 51.7 Å². The Morgan fingerprint density at radius 3 is 2.38 bits per heavy atom. The summed E-state index contributed by atoms with van der Waals surface area (Å²) in [6, 6.07) is 12.6. The largest absolute Gasteiger partial charge is 0.465 e. The molecule has 8 nitrogen and oxygen atoms in total. The molecular formula is C32H31Cl2N3O5. The van der Waals surface area contributed by atoms with Crippen molar-refractivity contribution in [3.8, 4) is 22.6 Å². The number of benzene rings is 2. The van der Waals surface area contributed by atoms with E-state index in [2.05, 4.69) is 10.3 Å². The topological polar surface area (TPSA) is 100 Å². The molecule has 0 N–H and O–H groups in total. The molecule has 0 atom stereocenters. The molecule has 4 fully saturated rings. The highest BCUT2D eigenvalue weighted by molar-refractivity contribution is 6.39. The van der Waals surface area contributed by atoms with Gasteiger partial charge in [0, 0.05) is 28.0 Å². The van der Waals surface area contributed by atoms with Crippen LogP contribution in [-0.2, 0) is 21.5 Å². The van der Waals surface area contributed by atoms with Gasteiger partial charge < -0.3 is 18.5 Å². The van der Waals surface area contributed by atoms with E-state index in [-0.39, 0.29) is 10.8 Å². The minimum atomic E-state index is -0.394. The van der Waals surface area contributed by atoms with Gasteiger partial charge in [0.15, 0.2) is 0 Å². The van der Waals surface area contributed by atoms with E-state index < -0.39 is 5.97 Å². The molecular weight excluding hydrogens is 577 g/mol. The van der Waals surface area contributed by atoms with Crippen LogP contribution in [0.5, 0.6) is 0 Å². The summed E-state index contributed by atoms with van der Waals surface area (Å²) in [6.45, 7) is 1.08. The Bertz CT molecular complexity index is 1600. The maximum absolute atomic E-state index is 12.0. The van der Waals surface area contributed by atoms with Gasteiger partial charge in [0.05, 0.1) is 35.9 Å². The molecule has 4 aliphatic carbocycles. The third kappa shape index (κ3) is 4.93. The van der Waals surface area contributed by atoms with E-state index in [0.29, 0.717) is 57.7 Å². The standard InChI is InChI=1S/C32H31Cl2N3O5/c1-39-29(38)21-5-2-4-20(16-21)28-35-30(42-37-28)32-13-10-31(11-14-32,12-15-32)18-40-17-22-26(36-41-27(22)19-8-9-19)25-23(33)6-3-7-24(25)34/h2-7,16,19H,8-15,17-18H2,1H3. The maximum Gasteiger partial charge on any atom is 0.337 e. The predicted molar refractivity (Wildman–Crippen MR) is 156 cm³/mol. The van der Waals surface area contributed by atoms with Crippen LogP contribution in [0.4, 0.5) is 0 Å². The number of rotatable bonds is 9. The van der Waals surface area contributed by atoms with Crippen LogP contribution < -0.4 is 0 Å². The van der Waals surface area contributed by atoms with Gasteiger partial charge in [0.2, 0.25) is 11.7 Å². The van der Waals surface area contributed by atoms with Crippen LogP contribution >= 0.6 is 23.2 Å². The number of halogens is 2. The van der Waals surface area contributed by atoms with Crippen LogP contribution in [-0.4, -0.2) is 35.0 Å². The highest BCUT2D eigenvalue weighted by Crippen LogP contribution is 2.58. The molecule has 2 heterocycles. The Balaban J connectivity index is 1.03. The van der Waals surface area contributed by atoms with Crippen LogP contribution in [0, 0.1) is 5.41 Å². The summed E-state index contributed by atoms with van der Waals surface area (Å²) in [5.74, 6) is 2.07. The molecule has 4 saturated carbocycles. The van der Waals surface area contributed by atoms with Gasteiger partial charge in [-0.3, -0.25) is 0 Å². The molecule has 2 aromatic carbocycles. The Labute approximate surface area is 253 Å². The van der Waals surface area contributed by atoms with E-state index >= 15 is 0 Å². The summed E-state index contributed by atoms with van der Waals surface area (Å²) in [7, 11) is 1.37. The first-order chi connectivity index (χ1) is 20.4. The second-order valence-corrected chi connectivity index (χ2v) is 12.8. The average Bonchev–Trinajstić information content (AvgIpc) is 3.58.